The van der Waals surface area contributed by atoms with Crippen LogP contribution in [0, 0.1) is 0 Å². The second-order valence-electron chi connectivity index (χ2n) is 4.96. The van der Waals surface area contributed by atoms with Gasteiger partial charge in [0.2, 0.25) is 5.91 Å². The number of nitrogens with zero attached hydrogens (tertiary/aromatic N) is 1. The standard InChI is InChI=1S/C14H20N2O.ClH/c1-10(15)7-8-14(17)16-11(2)9-12-5-3-4-6-13(12)16;/h3-6,10-11H,7-9,15H2,1-2H3;1H. The van der Waals surface area contributed by atoms with Crippen molar-refractivity contribution in [3.8, 4) is 0 Å². The fourth-order valence-electron chi connectivity index (χ4n) is 2.42. The molecule has 0 fully saturated rings. The van der Waals surface area contributed by atoms with Gasteiger partial charge in [-0.05, 0) is 38.3 Å². The summed E-state index contributed by atoms with van der Waals surface area (Å²) >= 11 is 0. The molecule has 0 bridgehead atoms. The summed E-state index contributed by atoms with van der Waals surface area (Å²) in [4.78, 5) is 14.1. The lowest BCUT2D eigenvalue weighted by Gasteiger charge is -2.23. The van der Waals surface area contributed by atoms with Crippen molar-refractivity contribution >= 4 is 24.0 Å². The van der Waals surface area contributed by atoms with Crippen LogP contribution in [0.2, 0.25) is 0 Å². The molecular formula is C14H21ClN2O. The molecule has 18 heavy (non-hydrogen) atoms. The van der Waals surface area contributed by atoms with Crippen molar-refractivity contribution in [2.45, 2.75) is 45.2 Å². The molecular weight excluding hydrogens is 248 g/mol. The number of amides is 1. The first-order valence-electron chi connectivity index (χ1n) is 6.25. The van der Waals surface area contributed by atoms with Crippen LogP contribution in [0.25, 0.3) is 0 Å². The van der Waals surface area contributed by atoms with Crippen molar-refractivity contribution in [2.75, 3.05) is 4.90 Å². The molecule has 1 amide bonds. The summed E-state index contributed by atoms with van der Waals surface area (Å²) in [6.45, 7) is 4.04. The minimum atomic E-state index is 0. The topological polar surface area (TPSA) is 46.3 Å². The second-order valence-corrected chi connectivity index (χ2v) is 4.96. The molecule has 2 N–H and O–H groups in total. The van der Waals surface area contributed by atoms with Crippen molar-refractivity contribution in [1.82, 2.24) is 0 Å². The van der Waals surface area contributed by atoms with Crippen LogP contribution in [-0.2, 0) is 11.2 Å². The van der Waals surface area contributed by atoms with Crippen LogP contribution in [0.1, 0.15) is 32.3 Å². The molecule has 1 heterocycles. The first-order valence-corrected chi connectivity index (χ1v) is 6.25. The fourth-order valence-corrected chi connectivity index (χ4v) is 2.42. The highest BCUT2D eigenvalue weighted by Gasteiger charge is 2.29. The largest absolute Gasteiger partial charge is 0.328 e. The monoisotopic (exact) mass is 268 g/mol. The van der Waals surface area contributed by atoms with Gasteiger partial charge in [0.1, 0.15) is 0 Å². The van der Waals surface area contributed by atoms with E-state index in [0.29, 0.717) is 6.42 Å². The number of fused-ring (bicyclic) bond motifs is 1. The molecule has 2 rings (SSSR count). The molecule has 0 aliphatic carbocycles. The third-order valence-electron chi connectivity index (χ3n) is 3.29. The Morgan fingerprint density at radius 2 is 2.17 bits per heavy atom. The fraction of sp³-hybridized carbons (Fsp3) is 0.500. The van der Waals surface area contributed by atoms with Crippen LogP contribution < -0.4 is 10.6 Å². The minimum Gasteiger partial charge on any atom is -0.328 e. The summed E-state index contributed by atoms with van der Waals surface area (Å²) < 4.78 is 0. The summed E-state index contributed by atoms with van der Waals surface area (Å²) in [6.07, 6.45) is 2.25. The Hall–Kier alpha value is -1.06. The quantitative estimate of drug-likeness (QED) is 0.916. The van der Waals surface area contributed by atoms with Crippen LogP contribution in [0.5, 0.6) is 0 Å². The number of anilines is 1. The lowest BCUT2D eigenvalue weighted by atomic mass is 10.1. The van der Waals surface area contributed by atoms with Crippen molar-refractivity contribution in [3.05, 3.63) is 29.8 Å². The highest BCUT2D eigenvalue weighted by Crippen LogP contribution is 2.32. The molecule has 2 unspecified atom stereocenters. The van der Waals surface area contributed by atoms with Crippen molar-refractivity contribution in [3.63, 3.8) is 0 Å². The van der Waals surface area contributed by atoms with Gasteiger partial charge in [0, 0.05) is 24.2 Å². The molecule has 1 aliphatic heterocycles. The van der Waals surface area contributed by atoms with Crippen LogP contribution >= 0.6 is 12.4 Å². The maximum absolute atomic E-state index is 12.2. The third kappa shape index (κ3) is 3.03. The van der Waals surface area contributed by atoms with E-state index in [1.54, 1.807) is 0 Å². The molecule has 0 spiro atoms. The van der Waals surface area contributed by atoms with Crippen LogP contribution in [0.3, 0.4) is 0 Å². The number of nitrogens with two attached hydrogens (primary N) is 1. The molecule has 1 aromatic carbocycles. The first kappa shape index (κ1) is 15.0. The molecule has 0 saturated carbocycles. The van der Waals surface area contributed by atoms with E-state index in [0.717, 1.165) is 18.5 Å². The molecule has 0 aromatic heterocycles. The number of hydrogen-bond acceptors (Lipinski definition) is 2. The molecule has 0 radical (unpaired) electrons. The van der Waals surface area contributed by atoms with Crippen molar-refractivity contribution < 1.29 is 4.79 Å². The zero-order valence-corrected chi connectivity index (χ0v) is 11.7. The zero-order chi connectivity index (χ0) is 12.4. The van der Waals surface area contributed by atoms with Crippen molar-refractivity contribution in [1.29, 1.82) is 0 Å². The smallest absolute Gasteiger partial charge is 0.227 e. The Bertz CT molecular complexity index is 420. The van der Waals surface area contributed by atoms with Gasteiger partial charge in [0.05, 0.1) is 0 Å². The Morgan fingerprint density at radius 3 is 2.83 bits per heavy atom. The number of rotatable bonds is 3. The molecule has 2 atom stereocenters. The summed E-state index contributed by atoms with van der Waals surface area (Å²) in [5, 5.41) is 0. The number of hydrogen-bond donors (Lipinski definition) is 1. The van der Waals surface area contributed by atoms with E-state index < -0.39 is 0 Å². The van der Waals surface area contributed by atoms with E-state index in [1.807, 2.05) is 30.0 Å². The molecule has 3 nitrogen and oxygen atoms in total. The number of carbonyl (C=O) groups excluding carboxylic acids is 1. The highest BCUT2D eigenvalue weighted by molar-refractivity contribution is 5.96. The second kappa shape index (κ2) is 6.21. The Kier molecular flexibility index (Phi) is 5.17. The Balaban J connectivity index is 0.00000162. The predicted octanol–water partition coefficient (Wildman–Crippen LogP) is 2.51. The summed E-state index contributed by atoms with van der Waals surface area (Å²) in [5.41, 5.74) is 8.05. The van der Waals surface area contributed by atoms with Gasteiger partial charge in [0.25, 0.3) is 0 Å². The Morgan fingerprint density at radius 1 is 1.50 bits per heavy atom. The lowest BCUT2D eigenvalue weighted by molar-refractivity contribution is -0.119. The number of benzene rings is 1. The van der Waals surface area contributed by atoms with Gasteiger partial charge in [-0.15, -0.1) is 12.4 Å². The van der Waals surface area contributed by atoms with Gasteiger partial charge in [-0.2, -0.15) is 0 Å². The molecule has 1 aromatic rings. The normalized spacial score (nSPS) is 19.1. The van der Waals surface area contributed by atoms with Gasteiger partial charge in [0.15, 0.2) is 0 Å². The van der Waals surface area contributed by atoms with E-state index >= 15 is 0 Å². The van der Waals surface area contributed by atoms with Crippen LogP contribution in [0.4, 0.5) is 5.69 Å². The maximum atomic E-state index is 12.2. The minimum absolute atomic E-state index is 0. The third-order valence-corrected chi connectivity index (χ3v) is 3.29. The van der Waals surface area contributed by atoms with Crippen LogP contribution in [0.15, 0.2) is 24.3 Å². The number of halogens is 1. The number of carbonyl (C=O) groups is 1. The van der Waals surface area contributed by atoms with E-state index in [-0.39, 0.29) is 30.4 Å². The van der Waals surface area contributed by atoms with Gasteiger partial charge in [-0.1, -0.05) is 18.2 Å². The van der Waals surface area contributed by atoms with Crippen molar-refractivity contribution in [2.24, 2.45) is 5.73 Å². The summed E-state index contributed by atoms with van der Waals surface area (Å²) in [5.74, 6) is 0.194. The van der Waals surface area contributed by atoms with Gasteiger partial charge < -0.3 is 10.6 Å². The predicted molar refractivity (Wildman–Crippen MR) is 77.2 cm³/mol. The molecule has 4 heteroatoms. The summed E-state index contributed by atoms with van der Waals surface area (Å²) in [6, 6.07) is 8.51. The molecule has 100 valence electrons. The average Bonchev–Trinajstić information content (AvgIpc) is 2.61. The Labute approximate surface area is 115 Å². The molecule has 1 aliphatic rings. The first-order chi connectivity index (χ1) is 8.09. The zero-order valence-electron chi connectivity index (χ0n) is 10.9. The SMILES string of the molecule is CC(N)CCC(=O)N1c2ccccc2CC1C.Cl. The summed E-state index contributed by atoms with van der Waals surface area (Å²) in [7, 11) is 0. The highest BCUT2D eigenvalue weighted by atomic mass is 35.5. The van der Waals surface area contributed by atoms with Gasteiger partial charge in [-0.3, -0.25) is 4.79 Å². The number of para-hydroxylation sites is 1. The lowest BCUT2D eigenvalue weighted by Crippen LogP contribution is -2.36. The maximum Gasteiger partial charge on any atom is 0.227 e. The van der Waals surface area contributed by atoms with E-state index in [4.69, 9.17) is 5.73 Å². The van der Waals surface area contributed by atoms with Gasteiger partial charge >= 0.3 is 0 Å². The average molecular weight is 269 g/mol. The van der Waals surface area contributed by atoms with E-state index in [1.165, 1.54) is 5.56 Å². The van der Waals surface area contributed by atoms with E-state index in [2.05, 4.69) is 13.0 Å². The van der Waals surface area contributed by atoms with Crippen LogP contribution in [-0.4, -0.2) is 18.0 Å². The van der Waals surface area contributed by atoms with E-state index in [9.17, 15) is 4.79 Å². The van der Waals surface area contributed by atoms with Gasteiger partial charge in [-0.25, -0.2) is 0 Å². The molecule has 0 saturated heterocycles.